The van der Waals surface area contributed by atoms with Crippen molar-refractivity contribution in [1.82, 2.24) is 10.2 Å². The topological polar surface area (TPSA) is 32.3 Å². The minimum atomic E-state index is 0.281. The first-order valence-corrected chi connectivity index (χ1v) is 6.65. The Morgan fingerprint density at radius 3 is 2.88 bits per heavy atom. The maximum Gasteiger partial charge on any atom is 0.220 e. The van der Waals surface area contributed by atoms with E-state index in [1.165, 1.54) is 32.1 Å². The van der Waals surface area contributed by atoms with E-state index in [0.717, 1.165) is 6.54 Å². The van der Waals surface area contributed by atoms with Crippen molar-refractivity contribution in [3.8, 4) is 0 Å². The number of rotatable bonds is 0. The number of carbonyl (C=O) groups is 1. The van der Waals surface area contributed by atoms with E-state index in [1.807, 2.05) is 0 Å². The van der Waals surface area contributed by atoms with Crippen LogP contribution in [0.2, 0.25) is 0 Å². The number of nitrogens with one attached hydrogen (secondary N) is 1. The summed E-state index contributed by atoms with van der Waals surface area (Å²) in [5.41, 5.74) is 0.338. The van der Waals surface area contributed by atoms with E-state index in [4.69, 9.17) is 0 Å². The van der Waals surface area contributed by atoms with Gasteiger partial charge in [-0.05, 0) is 19.3 Å². The number of fused-ring (bicyclic) bond motifs is 1. The van der Waals surface area contributed by atoms with Crippen LogP contribution < -0.4 is 5.32 Å². The number of amides is 1. The minimum absolute atomic E-state index is 0.281. The van der Waals surface area contributed by atoms with E-state index in [9.17, 15) is 4.79 Å². The Morgan fingerprint density at radius 1 is 1.38 bits per heavy atom. The van der Waals surface area contributed by atoms with Gasteiger partial charge < -0.3 is 10.2 Å². The Bertz CT molecular complexity index is 317. The van der Waals surface area contributed by atoms with Crippen molar-refractivity contribution in [3.05, 3.63) is 0 Å². The largest absolute Gasteiger partial charge is 0.335 e. The second-order valence-corrected chi connectivity index (χ2v) is 6.05. The first-order valence-electron chi connectivity index (χ1n) is 6.65. The van der Waals surface area contributed by atoms with Gasteiger partial charge in [-0.3, -0.25) is 4.79 Å². The van der Waals surface area contributed by atoms with Crippen LogP contribution in [0.1, 0.15) is 46.0 Å². The van der Waals surface area contributed by atoms with Crippen LogP contribution in [-0.4, -0.2) is 35.5 Å². The third-order valence-electron chi connectivity index (χ3n) is 5.15. The number of likely N-dealkylation sites (tertiary alicyclic amines) is 1. The zero-order chi connectivity index (χ0) is 11.3. The number of hydrogen-bond acceptors (Lipinski definition) is 2. The van der Waals surface area contributed by atoms with Gasteiger partial charge in [0.25, 0.3) is 0 Å². The molecule has 2 aliphatic heterocycles. The summed E-state index contributed by atoms with van der Waals surface area (Å²) in [7, 11) is 0. The molecule has 0 aromatic heterocycles. The van der Waals surface area contributed by atoms with Gasteiger partial charge in [0.05, 0.1) is 0 Å². The highest BCUT2D eigenvalue weighted by molar-refractivity contribution is 5.74. The molecular weight excluding hydrogens is 200 g/mol. The fraction of sp³-hybridized carbons (Fsp3) is 0.923. The molecule has 4 atom stereocenters. The lowest BCUT2D eigenvalue weighted by atomic mass is 9.72. The van der Waals surface area contributed by atoms with Gasteiger partial charge in [-0.1, -0.05) is 19.8 Å². The van der Waals surface area contributed by atoms with Crippen molar-refractivity contribution in [2.24, 2.45) is 5.41 Å². The van der Waals surface area contributed by atoms with Gasteiger partial charge >= 0.3 is 0 Å². The average Bonchev–Trinajstić information content (AvgIpc) is 2.36. The molecule has 3 aliphatic rings. The second-order valence-electron chi connectivity index (χ2n) is 6.05. The fourth-order valence-corrected chi connectivity index (χ4v) is 4.43. The molecule has 3 heteroatoms. The summed E-state index contributed by atoms with van der Waals surface area (Å²) in [5.74, 6) is 0.281. The molecule has 1 aliphatic carbocycles. The van der Waals surface area contributed by atoms with Crippen molar-refractivity contribution in [2.45, 2.75) is 64.1 Å². The van der Waals surface area contributed by atoms with Crippen molar-refractivity contribution in [3.63, 3.8) is 0 Å². The van der Waals surface area contributed by atoms with Gasteiger partial charge in [0.15, 0.2) is 0 Å². The van der Waals surface area contributed by atoms with Crippen molar-refractivity contribution in [2.75, 3.05) is 6.54 Å². The monoisotopic (exact) mass is 222 g/mol. The number of piperidine rings is 1. The lowest BCUT2D eigenvalue weighted by Crippen LogP contribution is -2.51. The Labute approximate surface area is 97.6 Å². The molecule has 3 nitrogen and oxygen atoms in total. The van der Waals surface area contributed by atoms with Crippen molar-refractivity contribution >= 4 is 5.91 Å². The van der Waals surface area contributed by atoms with E-state index in [1.54, 1.807) is 6.92 Å². The maximum absolute atomic E-state index is 11.8. The SMILES string of the molecule is CC(=O)N1C2CCCC[C@H]3NC[C@@H]1C[C@@]23C. The average molecular weight is 222 g/mol. The Balaban J connectivity index is 1.99. The number of carbonyl (C=O) groups excluding carboxylic acids is 1. The summed E-state index contributed by atoms with van der Waals surface area (Å²) in [6.07, 6.45) is 6.33. The molecule has 0 radical (unpaired) electrons. The molecule has 0 aromatic rings. The number of nitrogens with zero attached hydrogens (tertiary/aromatic N) is 1. The molecule has 1 amide bonds. The molecule has 2 bridgehead atoms. The first-order chi connectivity index (χ1) is 7.63. The molecule has 1 saturated carbocycles. The van der Waals surface area contributed by atoms with Crippen molar-refractivity contribution < 1.29 is 4.79 Å². The third kappa shape index (κ3) is 1.27. The fourth-order valence-electron chi connectivity index (χ4n) is 4.43. The van der Waals surface area contributed by atoms with E-state index >= 15 is 0 Å². The minimum Gasteiger partial charge on any atom is -0.335 e. The molecule has 1 N–H and O–H groups in total. The zero-order valence-corrected chi connectivity index (χ0v) is 10.3. The zero-order valence-electron chi connectivity index (χ0n) is 10.3. The van der Waals surface area contributed by atoms with Gasteiger partial charge in [-0.2, -0.15) is 0 Å². The quantitative estimate of drug-likeness (QED) is 0.674. The van der Waals surface area contributed by atoms with Gasteiger partial charge in [0, 0.05) is 37.0 Å². The van der Waals surface area contributed by atoms with Crippen molar-refractivity contribution in [1.29, 1.82) is 0 Å². The Hall–Kier alpha value is -0.570. The Morgan fingerprint density at radius 2 is 2.12 bits per heavy atom. The van der Waals surface area contributed by atoms with E-state index in [2.05, 4.69) is 17.1 Å². The molecule has 90 valence electrons. The van der Waals surface area contributed by atoms with Gasteiger partial charge in [0.1, 0.15) is 0 Å². The van der Waals surface area contributed by atoms with Crippen LogP contribution in [0.4, 0.5) is 0 Å². The lowest BCUT2D eigenvalue weighted by Gasteiger charge is -2.39. The number of hydrogen-bond donors (Lipinski definition) is 1. The van der Waals surface area contributed by atoms with Crippen LogP contribution in [0.3, 0.4) is 0 Å². The maximum atomic E-state index is 11.8. The van der Waals surface area contributed by atoms with Crippen LogP contribution >= 0.6 is 0 Å². The summed E-state index contributed by atoms with van der Waals surface area (Å²) in [6, 6.07) is 1.60. The Kier molecular flexibility index (Phi) is 2.29. The summed E-state index contributed by atoms with van der Waals surface area (Å²) < 4.78 is 0. The molecule has 3 rings (SSSR count). The molecule has 2 saturated heterocycles. The molecule has 16 heavy (non-hydrogen) atoms. The first kappa shape index (κ1) is 10.6. The van der Waals surface area contributed by atoms with Crippen LogP contribution in [0, 0.1) is 5.41 Å². The highest BCUT2D eigenvalue weighted by atomic mass is 16.2. The summed E-state index contributed by atoms with van der Waals surface area (Å²) in [5, 5.41) is 3.68. The molecule has 0 spiro atoms. The van der Waals surface area contributed by atoms with Gasteiger partial charge in [-0.25, -0.2) is 0 Å². The predicted molar refractivity (Wildman–Crippen MR) is 63.1 cm³/mol. The normalized spacial score (nSPS) is 46.6. The van der Waals surface area contributed by atoms with Crippen LogP contribution in [-0.2, 0) is 4.79 Å². The smallest absolute Gasteiger partial charge is 0.220 e. The molecular formula is C13H22N2O. The second kappa shape index (κ2) is 3.46. The van der Waals surface area contributed by atoms with Crippen LogP contribution in [0.15, 0.2) is 0 Å². The van der Waals surface area contributed by atoms with E-state index in [-0.39, 0.29) is 5.91 Å². The highest BCUT2D eigenvalue weighted by Gasteiger charge is 2.56. The summed E-state index contributed by atoms with van der Waals surface area (Å²) >= 11 is 0. The molecule has 1 unspecified atom stereocenters. The summed E-state index contributed by atoms with van der Waals surface area (Å²) in [6.45, 7) is 5.15. The summed E-state index contributed by atoms with van der Waals surface area (Å²) in [4.78, 5) is 14.0. The van der Waals surface area contributed by atoms with Gasteiger partial charge in [-0.15, -0.1) is 0 Å². The lowest BCUT2D eigenvalue weighted by molar-refractivity contribution is -0.132. The van der Waals surface area contributed by atoms with E-state index in [0.29, 0.717) is 23.5 Å². The van der Waals surface area contributed by atoms with Crippen LogP contribution in [0.5, 0.6) is 0 Å². The molecule has 2 heterocycles. The third-order valence-corrected chi connectivity index (χ3v) is 5.15. The van der Waals surface area contributed by atoms with Crippen LogP contribution in [0.25, 0.3) is 0 Å². The predicted octanol–water partition coefficient (Wildman–Crippen LogP) is 1.53. The molecule has 3 fully saturated rings. The highest BCUT2D eigenvalue weighted by Crippen LogP contribution is 2.50. The molecule has 0 aromatic carbocycles. The van der Waals surface area contributed by atoms with Gasteiger partial charge in [0.2, 0.25) is 5.91 Å². The van der Waals surface area contributed by atoms with E-state index < -0.39 is 0 Å². The standard InChI is InChI=1S/C13H22N2O/c1-9(16)15-10-7-13(2)11(14-8-10)5-3-4-6-12(13)15/h10-12,14H,3-8H2,1-2H3/t10-,11+,12?,13+/m0/s1.